The van der Waals surface area contributed by atoms with Gasteiger partial charge in [0.25, 0.3) is 0 Å². The van der Waals surface area contributed by atoms with E-state index in [9.17, 15) is 9.90 Å². The number of hydrogen-bond acceptors (Lipinski definition) is 7. The number of nitrogens with zero attached hydrogens (tertiary/aromatic N) is 2. The van der Waals surface area contributed by atoms with Gasteiger partial charge in [0, 0.05) is 51.4 Å². The van der Waals surface area contributed by atoms with Crippen molar-refractivity contribution in [2.45, 2.75) is 31.6 Å². The molecule has 0 bridgehead atoms. The Morgan fingerprint density at radius 3 is 2.53 bits per heavy atom. The van der Waals surface area contributed by atoms with Gasteiger partial charge in [0.1, 0.15) is 17.0 Å². The summed E-state index contributed by atoms with van der Waals surface area (Å²) in [5.74, 6) is -0.777. The van der Waals surface area contributed by atoms with E-state index in [4.69, 9.17) is 20.6 Å². The molecule has 0 spiro atoms. The highest BCUT2D eigenvalue weighted by Crippen LogP contribution is 2.39. The van der Waals surface area contributed by atoms with Crippen LogP contribution in [0.5, 0.6) is 5.75 Å². The lowest BCUT2D eigenvalue weighted by Crippen LogP contribution is -2.57. The number of piperidine rings is 1. The topological polar surface area (TPSA) is 134 Å². The molecule has 2 atom stereocenters. The van der Waals surface area contributed by atoms with E-state index in [-0.39, 0.29) is 36.8 Å². The van der Waals surface area contributed by atoms with Crippen LogP contribution in [0.15, 0.2) is 42.7 Å². The number of ether oxygens (including phenoxy) is 2. The number of pyridine rings is 1. The number of hydrogen-bond donors (Lipinski definition) is 4. The lowest BCUT2D eigenvalue weighted by Gasteiger charge is -2.43. The SMILES string of the molecule is COC1CNCc2cc(OC(C(=N)N)C3(C(=O)O)CCN(c4ccncc4)CC3)ccc21.Cl.Cl. The van der Waals surface area contributed by atoms with Gasteiger partial charge in [-0.1, -0.05) is 6.07 Å². The van der Waals surface area contributed by atoms with Gasteiger partial charge in [-0.25, -0.2) is 0 Å². The third kappa shape index (κ3) is 5.38. The maximum atomic E-state index is 12.5. The summed E-state index contributed by atoms with van der Waals surface area (Å²) in [5.41, 5.74) is 7.73. The van der Waals surface area contributed by atoms with Crippen molar-refractivity contribution in [2.24, 2.45) is 11.1 Å². The van der Waals surface area contributed by atoms with Crippen molar-refractivity contribution in [3.8, 4) is 5.75 Å². The number of carbonyl (C=O) groups is 1. The van der Waals surface area contributed by atoms with E-state index in [1.54, 1.807) is 25.6 Å². The van der Waals surface area contributed by atoms with Gasteiger partial charge in [0.2, 0.25) is 0 Å². The van der Waals surface area contributed by atoms with Crippen molar-refractivity contribution in [2.75, 3.05) is 31.6 Å². The Labute approximate surface area is 211 Å². The molecule has 0 aliphatic carbocycles. The molecule has 34 heavy (non-hydrogen) atoms. The number of amidine groups is 1. The van der Waals surface area contributed by atoms with Crippen LogP contribution in [0.25, 0.3) is 0 Å². The number of benzene rings is 1. The van der Waals surface area contributed by atoms with E-state index in [1.165, 1.54) is 0 Å². The Balaban J connectivity index is 0.00000204. The Morgan fingerprint density at radius 2 is 1.94 bits per heavy atom. The monoisotopic (exact) mass is 511 g/mol. The fourth-order valence-corrected chi connectivity index (χ4v) is 4.70. The molecule has 2 unspecified atom stereocenters. The van der Waals surface area contributed by atoms with Crippen molar-refractivity contribution < 1.29 is 19.4 Å². The van der Waals surface area contributed by atoms with Crippen molar-refractivity contribution in [3.05, 3.63) is 53.9 Å². The molecule has 2 aliphatic rings. The Morgan fingerprint density at radius 1 is 1.26 bits per heavy atom. The number of carboxylic acids is 1. The second-order valence-electron chi connectivity index (χ2n) is 8.32. The lowest BCUT2D eigenvalue weighted by molar-refractivity contribution is -0.154. The summed E-state index contributed by atoms with van der Waals surface area (Å²) in [7, 11) is 1.67. The minimum atomic E-state index is -1.28. The van der Waals surface area contributed by atoms with Crippen LogP contribution in [0.3, 0.4) is 0 Å². The Kier molecular flexibility index (Phi) is 9.52. The molecular weight excluding hydrogens is 481 g/mol. The summed E-state index contributed by atoms with van der Waals surface area (Å²) < 4.78 is 11.7. The van der Waals surface area contributed by atoms with Crippen LogP contribution in [-0.2, 0) is 16.1 Å². The number of fused-ring (bicyclic) bond motifs is 1. The first-order valence-corrected chi connectivity index (χ1v) is 10.7. The van der Waals surface area contributed by atoms with Gasteiger partial charge in [0.05, 0.1) is 6.10 Å². The fourth-order valence-electron chi connectivity index (χ4n) is 4.70. The minimum absolute atomic E-state index is 0. The fraction of sp³-hybridized carbons (Fsp3) is 0.435. The molecule has 5 N–H and O–H groups in total. The number of carboxylic acid groups (broad SMARTS) is 1. The molecular formula is C23H31Cl2N5O4. The van der Waals surface area contributed by atoms with E-state index in [2.05, 4.69) is 15.2 Å². The Bertz CT molecular complexity index is 987. The number of halogens is 2. The quantitative estimate of drug-likeness (QED) is 0.329. The summed E-state index contributed by atoms with van der Waals surface area (Å²) in [6.07, 6.45) is 2.95. The van der Waals surface area contributed by atoms with Crippen molar-refractivity contribution in [1.29, 1.82) is 5.41 Å². The van der Waals surface area contributed by atoms with Crippen molar-refractivity contribution in [3.63, 3.8) is 0 Å². The van der Waals surface area contributed by atoms with Gasteiger partial charge >= 0.3 is 5.97 Å². The van der Waals surface area contributed by atoms with Gasteiger partial charge < -0.3 is 30.5 Å². The summed E-state index contributed by atoms with van der Waals surface area (Å²) in [4.78, 5) is 18.6. The first kappa shape index (κ1) is 27.7. The number of nitrogens with one attached hydrogen (secondary N) is 2. The Hall–Kier alpha value is -2.59. The lowest BCUT2D eigenvalue weighted by atomic mass is 9.73. The van der Waals surface area contributed by atoms with Gasteiger partial charge in [-0.05, 0) is 48.2 Å². The summed E-state index contributed by atoms with van der Waals surface area (Å²) in [6, 6.07) is 9.43. The molecule has 1 aromatic carbocycles. The molecule has 11 heteroatoms. The third-order valence-corrected chi connectivity index (χ3v) is 6.54. The van der Waals surface area contributed by atoms with Crippen molar-refractivity contribution >= 4 is 42.3 Å². The molecule has 0 radical (unpaired) electrons. The van der Waals surface area contributed by atoms with E-state index < -0.39 is 17.5 Å². The maximum Gasteiger partial charge on any atom is 0.314 e. The minimum Gasteiger partial charge on any atom is -0.481 e. The number of nitrogens with two attached hydrogens (primary N) is 1. The van der Waals surface area contributed by atoms with Crippen LogP contribution in [0.4, 0.5) is 5.69 Å². The highest BCUT2D eigenvalue weighted by molar-refractivity contribution is 5.90. The van der Waals surface area contributed by atoms with Gasteiger partial charge in [-0.2, -0.15) is 0 Å². The first-order chi connectivity index (χ1) is 15.4. The van der Waals surface area contributed by atoms with E-state index >= 15 is 0 Å². The standard InChI is InChI=1S/C23H29N5O4.2ClH/c1-31-19-14-27-13-15-12-17(2-3-18(15)19)32-20(21(24)25)23(22(29)30)6-10-28(11-7-23)16-4-8-26-9-5-16;;/h2-5,8-9,12,19-20,27H,6-7,10-11,13-14H2,1H3,(H3,24,25)(H,29,30);2*1H. The zero-order valence-electron chi connectivity index (χ0n) is 18.9. The van der Waals surface area contributed by atoms with Crippen LogP contribution in [0.2, 0.25) is 0 Å². The zero-order chi connectivity index (χ0) is 22.7. The van der Waals surface area contributed by atoms with Crippen LogP contribution in [0.1, 0.15) is 30.1 Å². The van der Waals surface area contributed by atoms with Crippen LogP contribution >= 0.6 is 24.8 Å². The molecule has 186 valence electrons. The number of rotatable bonds is 7. The highest BCUT2D eigenvalue weighted by Gasteiger charge is 2.51. The van der Waals surface area contributed by atoms with E-state index in [0.717, 1.165) is 23.4 Å². The molecule has 0 amide bonds. The van der Waals surface area contributed by atoms with Crippen molar-refractivity contribution in [1.82, 2.24) is 10.3 Å². The van der Waals surface area contributed by atoms with Gasteiger partial charge in [-0.15, -0.1) is 24.8 Å². The molecule has 4 rings (SSSR count). The predicted octanol–water partition coefficient (Wildman–Crippen LogP) is 2.77. The zero-order valence-corrected chi connectivity index (χ0v) is 20.5. The molecule has 3 heterocycles. The molecule has 1 aromatic heterocycles. The second kappa shape index (κ2) is 11.7. The summed E-state index contributed by atoms with van der Waals surface area (Å²) >= 11 is 0. The molecule has 2 aromatic rings. The van der Waals surface area contributed by atoms with Crippen LogP contribution < -0.4 is 20.7 Å². The van der Waals surface area contributed by atoms with E-state index in [0.29, 0.717) is 38.2 Å². The molecule has 1 fully saturated rings. The molecule has 9 nitrogen and oxygen atoms in total. The molecule has 2 aliphatic heterocycles. The average molecular weight is 512 g/mol. The van der Waals surface area contributed by atoms with Crippen LogP contribution in [0, 0.1) is 10.8 Å². The van der Waals surface area contributed by atoms with E-state index in [1.807, 2.05) is 24.3 Å². The molecule has 1 saturated heterocycles. The van der Waals surface area contributed by atoms with Gasteiger partial charge in [0.15, 0.2) is 6.10 Å². The highest BCUT2D eigenvalue weighted by atomic mass is 35.5. The average Bonchev–Trinajstić information content (AvgIpc) is 2.82. The first-order valence-electron chi connectivity index (χ1n) is 10.7. The maximum absolute atomic E-state index is 12.5. The third-order valence-electron chi connectivity index (χ3n) is 6.54. The smallest absolute Gasteiger partial charge is 0.314 e. The number of methoxy groups -OCH3 is 1. The number of anilines is 1. The summed E-state index contributed by atoms with van der Waals surface area (Å²) in [6.45, 7) is 2.44. The van der Waals surface area contributed by atoms with Crippen LogP contribution in [-0.4, -0.2) is 54.7 Å². The summed E-state index contributed by atoms with van der Waals surface area (Å²) in [5, 5.41) is 21.7. The van der Waals surface area contributed by atoms with Gasteiger partial charge in [-0.3, -0.25) is 15.2 Å². The number of aliphatic carboxylic acids is 1. The number of aromatic nitrogens is 1. The predicted molar refractivity (Wildman–Crippen MR) is 134 cm³/mol. The largest absolute Gasteiger partial charge is 0.481 e. The molecule has 0 saturated carbocycles. The normalized spacial score (nSPS) is 19.6. The second-order valence-corrected chi connectivity index (χ2v) is 8.32.